The Morgan fingerprint density at radius 1 is 1.22 bits per heavy atom. The number of benzene rings is 2. The van der Waals surface area contributed by atoms with E-state index in [-0.39, 0.29) is 24.0 Å². The molecule has 23 heavy (non-hydrogen) atoms. The highest BCUT2D eigenvalue weighted by Crippen LogP contribution is 2.25. The Bertz CT molecular complexity index is 818. The van der Waals surface area contributed by atoms with Crippen molar-refractivity contribution in [1.82, 2.24) is 9.80 Å². The first-order valence-corrected chi connectivity index (χ1v) is 7.18. The molecule has 1 fully saturated rings. The van der Waals surface area contributed by atoms with Crippen LogP contribution in [0.1, 0.15) is 10.4 Å². The largest absolute Gasteiger partial charge is 0.342 e. The summed E-state index contributed by atoms with van der Waals surface area (Å²) < 4.78 is 0. The average Bonchev–Trinajstić information content (AvgIpc) is 2.55. The number of carbonyl (C=O) groups is 2. The van der Waals surface area contributed by atoms with Crippen molar-refractivity contribution >= 4 is 28.3 Å². The molecular weight excluding hydrogens is 298 g/mol. The third kappa shape index (κ3) is 2.73. The maximum absolute atomic E-state index is 12.7. The second-order valence-corrected chi connectivity index (χ2v) is 5.51. The first kappa shape index (κ1) is 15.0. The third-order valence-corrected chi connectivity index (χ3v) is 4.05. The van der Waals surface area contributed by atoms with E-state index in [0.717, 1.165) is 0 Å². The molecule has 0 atom stereocenters. The number of nitro benzene ring substituents is 1. The third-order valence-electron chi connectivity index (χ3n) is 4.05. The Hall–Kier alpha value is -2.96. The fourth-order valence-corrected chi connectivity index (χ4v) is 2.67. The molecule has 0 saturated carbocycles. The molecule has 0 aliphatic carbocycles. The number of hydrogen-bond acceptors (Lipinski definition) is 4. The molecule has 0 spiro atoms. The van der Waals surface area contributed by atoms with Crippen LogP contribution in [-0.2, 0) is 4.79 Å². The van der Waals surface area contributed by atoms with Gasteiger partial charge in [0.15, 0.2) is 0 Å². The van der Waals surface area contributed by atoms with E-state index in [1.807, 2.05) is 0 Å². The Balaban J connectivity index is 1.98. The monoisotopic (exact) mass is 313 g/mol. The van der Waals surface area contributed by atoms with Crippen LogP contribution in [0, 0.1) is 10.1 Å². The molecule has 3 rings (SSSR count). The van der Waals surface area contributed by atoms with E-state index in [1.165, 1.54) is 17.0 Å². The molecule has 1 aliphatic rings. The summed E-state index contributed by atoms with van der Waals surface area (Å²) in [6.45, 7) is 1.03. The van der Waals surface area contributed by atoms with E-state index in [1.54, 1.807) is 36.2 Å². The summed E-state index contributed by atoms with van der Waals surface area (Å²) >= 11 is 0. The summed E-state index contributed by atoms with van der Waals surface area (Å²) in [7, 11) is 1.71. The zero-order valence-electron chi connectivity index (χ0n) is 12.6. The molecule has 2 aromatic carbocycles. The van der Waals surface area contributed by atoms with Crippen LogP contribution in [0.3, 0.4) is 0 Å². The molecule has 1 saturated heterocycles. The van der Waals surface area contributed by atoms with Crippen LogP contribution in [0.15, 0.2) is 36.4 Å². The molecular formula is C16H15N3O4. The molecule has 2 aromatic rings. The maximum Gasteiger partial charge on any atom is 0.270 e. The minimum Gasteiger partial charge on any atom is -0.342 e. The van der Waals surface area contributed by atoms with Gasteiger partial charge in [-0.25, -0.2) is 0 Å². The molecule has 2 amide bonds. The van der Waals surface area contributed by atoms with E-state index in [9.17, 15) is 19.7 Å². The van der Waals surface area contributed by atoms with Crippen LogP contribution >= 0.6 is 0 Å². The number of likely N-dealkylation sites (N-methyl/N-ethyl adjacent to an activating group) is 1. The van der Waals surface area contributed by atoms with E-state index in [4.69, 9.17) is 0 Å². The van der Waals surface area contributed by atoms with E-state index >= 15 is 0 Å². The minimum absolute atomic E-state index is 0.0168. The Labute approximate surface area is 132 Å². The van der Waals surface area contributed by atoms with Crippen molar-refractivity contribution in [2.45, 2.75) is 0 Å². The standard InChI is InChI=1S/C16H15N3O4/c1-17-7-8-18(10-15(17)20)16(21)14-4-2-3-11-9-12(19(22)23)5-6-13(11)14/h2-6,9H,7-8,10H2,1H3. The molecule has 1 heterocycles. The van der Waals surface area contributed by atoms with Crippen LogP contribution in [-0.4, -0.2) is 53.2 Å². The van der Waals surface area contributed by atoms with Crippen LogP contribution in [0.4, 0.5) is 5.69 Å². The van der Waals surface area contributed by atoms with Crippen molar-refractivity contribution in [1.29, 1.82) is 0 Å². The zero-order valence-corrected chi connectivity index (χ0v) is 12.6. The second-order valence-electron chi connectivity index (χ2n) is 5.51. The fourth-order valence-electron chi connectivity index (χ4n) is 2.67. The summed E-state index contributed by atoms with van der Waals surface area (Å²) in [4.78, 5) is 38.0. The Morgan fingerprint density at radius 3 is 2.70 bits per heavy atom. The predicted molar refractivity (Wildman–Crippen MR) is 84.1 cm³/mol. The number of amides is 2. The van der Waals surface area contributed by atoms with Gasteiger partial charge in [-0.3, -0.25) is 19.7 Å². The van der Waals surface area contributed by atoms with Gasteiger partial charge in [0, 0.05) is 37.8 Å². The lowest BCUT2D eigenvalue weighted by Crippen LogP contribution is -2.50. The normalized spacial score (nSPS) is 15.1. The summed E-state index contributed by atoms with van der Waals surface area (Å²) in [5.41, 5.74) is 0.437. The fraction of sp³-hybridized carbons (Fsp3) is 0.250. The van der Waals surface area contributed by atoms with Crippen molar-refractivity contribution in [2.75, 3.05) is 26.7 Å². The number of non-ortho nitro benzene ring substituents is 1. The van der Waals surface area contributed by atoms with Gasteiger partial charge in [0.05, 0.1) is 4.92 Å². The quantitative estimate of drug-likeness (QED) is 0.623. The molecule has 0 N–H and O–H groups in total. The van der Waals surface area contributed by atoms with Gasteiger partial charge in [0.1, 0.15) is 6.54 Å². The van der Waals surface area contributed by atoms with E-state index in [2.05, 4.69) is 0 Å². The van der Waals surface area contributed by atoms with E-state index < -0.39 is 4.92 Å². The molecule has 7 heteroatoms. The Morgan fingerprint density at radius 2 is 2.00 bits per heavy atom. The number of rotatable bonds is 2. The minimum atomic E-state index is -0.465. The number of piperazine rings is 1. The molecule has 0 unspecified atom stereocenters. The lowest BCUT2D eigenvalue weighted by molar-refractivity contribution is -0.384. The highest BCUT2D eigenvalue weighted by atomic mass is 16.6. The summed E-state index contributed by atoms with van der Waals surface area (Å²) in [5.74, 6) is -0.327. The summed E-state index contributed by atoms with van der Waals surface area (Å²) in [6, 6.07) is 9.51. The number of hydrogen-bond donors (Lipinski definition) is 0. The van der Waals surface area contributed by atoms with Crippen molar-refractivity contribution in [3.63, 3.8) is 0 Å². The zero-order chi connectivity index (χ0) is 16.6. The lowest BCUT2D eigenvalue weighted by atomic mass is 10.0. The van der Waals surface area contributed by atoms with Gasteiger partial charge in [-0.2, -0.15) is 0 Å². The summed E-state index contributed by atoms with van der Waals surface area (Å²) in [6.07, 6.45) is 0. The topological polar surface area (TPSA) is 83.8 Å². The maximum atomic E-state index is 12.7. The van der Waals surface area contributed by atoms with Crippen LogP contribution in [0.5, 0.6) is 0 Å². The summed E-state index contributed by atoms with van der Waals surface area (Å²) in [5, 5.41) is 12.1. The highest BCUT2D eigenvalue weighted by molar-refractivity contribution is 6.08. The number of nitro groups is 1. The van der Waals surface area contributed by atoms with Crippen molar-refractivity contribution in [3.05, 3.63) is 52.1 Å². The smallest absolute Gasteiger partial charge is 0.270 e. The van der Waals surface area contributed by atoms with Gasteiger partial charge in [0.2, 0.25) is 5.91 Å². The molecule has 0 bridgehead atoms. The van der Waals surface area contributed by atoms with Gasteiger partial charge in [-0.05, 0) is 22.9 Å². The lowest BCUT2D eigenvalue weighted by Gasteiger charge is -2.32. The van der Waals surface area contributed by atoms with Crippen molar-refractivity contribution in [2.24, 2.45) is 0 Å². The first-order valence-electron chi connectivity index (χ1n) is 7.18. The highest BCUT2D eigenvalue weighted by Gasteiger charge is 2.26. The molecule has 0 aromatic heterocycles. The SMILES string of the molecule is CN1CCN(C(=O)c2cccc3cc([N+](=O)[O-])ccc23)CC1=O. The molecule has 1 aliphatic heterocycles. The van der Waals surface area contributed by atoms with Crippen molar-refractivity contribution in [3.8, 4) is 0 Å². The van der Waals surface area contributed by atoms with Gasteiger partial charge in [-0.15, -0.1) is 0 Å². The van der Waals surface area contributed by atoms with Crippen LogP contribution < -0.4 is 0 Å². The Kier molecular flexibility index (Phi) is 3.69. The van der Waals surface area contributed by atoms with Crippen LogP contribution in [0.25, 0.3) is 10.8 Å². The van der Waals surface area contributed by atoms with Gasteiger partial charge in [-0.1, -0.05) is 12.1 Å². The van der Waals surface area contributed by atoms with Gasteiger partial charge < -0.3 is 9.80 Å². The molecule has 7 nitrogen and oxygen atoms in total. The second kappa shape index (κ2) is 5.68. The number of fused-ring (bicyclic) bond motifs is 1. The van der Waals surface area contributed by atoms with E-state index in [0.29, 0.717) is 29.4 Å². The predicted octanol–water partition coefficient (Wildman–Crippen LogP) is 1.66. The first-order chi connectivity index (χ1) is 11.0. The van der Waals surface area contributed by atoms with Crippen LogP contribution in [0.2, 0.25) is 0 Å². The van der Waals surface area contributed by atoms with Gasteiger partial charge >= 0.3 is 0 Å². The van der Waals surface area contributed by atoms with Gasteiger partial charge in [0.25, 0.3) is 11.6 Å². The molecule has 118 valence electrons. The number of nitrogens with zero attached hydrogens (tertiary/aromatic N) is 3. The molecule has 0 radical (unpaired) electrons. The van der Waals surface area contributed by atoms with Crippen molar-refractivity contribution < 1.29 is 14.5 Å². The average molecular weight is 313 g/mol. The number of carbonyl (C=O) groups excluding carboxylic acids is 2.